The molecular weight excluding hydrogens is 256 g/mol. The van der Waals surface area contributed by atoms with Crippen LogP contribution in [0.1, 0.15) is 23.3 Å². The molecule has 5 heteroatoms. The molecule has 0 saturated carbocycles. The predicted molar refractivity (Wildman–Crippen MR) is 74.6 cm³/mol. The highest BCUT2D eigenvalue weighted by molar-refractivity contribution is 5.94. The summed E-state index contributed by atoms with van der Waals surface area (Å²) in [5.74, 6) is 0.208. The molecule has 3 rings (SSSR count). The van der Waals surface area contributed by atoms with E-state index in [2.05, 4.69) is 4.98 Å². The lowest BCUT2D eigenvalue weighted by atomic mass is 10.0. The lowest BCUT2D eigenvalue weighted by molar-refractivity contribution is 0.0557. The lowest BCUT2D eigenvalue weighted by Gasteiger charge is -2.23. The zero-order valence-electron chi connectivity index (χ0n) is 11.5. The summed E-state index contributed by atoms with van der Waals surface area (Å²) in [5.41, 5.74) is 1.42. The molecule has 1 aliphatic rings. The van der Waals surface area contributed by atoms with Gasteiger partial charge in [-0.25, -0.2) is 9.78 Å². The van der Waals surface area contributed by atoms with Gasteiger partial charge in [-0.3, -0.25) is 0 Å². The van der Waals surface area contributed by atoms with Crippen LogP contribution >= 0.6 is 0 Å². The molecule has 106 valence electrons. The minimum atomic E-state index is -0.310. The number of hydrogen-bond donors (Lipinski definition) is 0. The summed E-state index contributed by atoms with van der Waals surface area (Å²) in [5, 5.41) is 0.972. The number of pyridine rings is 1. The molecule has 5 nitrogen and oxygen atoms in total. The number of esters is 1. The predicted octanol–water partition coefficient (Wildman–Crippen LogP) is 2.25. The Morgan fingerprint density at radius 1 is 1.50 bits per heavy atom. The van der Waals surface area contributed by atoms with Crippen molar-refractivity contribution in [2.24, 2.45) is 5.92 Å². The van der Waals surface area contributed by atoms with Crippen molar-refractivity contribution in [1.82, 2.24) is 9.55 Å². The summed E-state index contributed by atoms with van der Waals surface area (Å²) in [6.07, 6.45) is 3.80. The maximum atomic E-state index is 12.0. The molecule has 0 amide bonds. The fourth-order valence-electron chi connectivity index (χ4n) is 2.73. The largest absolute Gasteiger partial charge is 0.464 e. The standard InChI is InChI=1S/C15H18N2O3/c1-19-15(18)13-9-12-3-2-6-16-14(12)17(13)10-11-4-7-20-8-5-11/h2-3,6,9,11H,4-5,7-8,10H2,1H3. The van der Waals surface area contributed by atoms with E-state index in [1.165, 1.54) is 7.11 Å². The average Bonchev–Trinajstić information content (AvgIpc) is 2.86. The molecule has 1 fully saturated rings. The third-order valence-electron chi connectivity index (χ3n) is 3.83. The smallest absolute Gasteiger partial charge is 0.354 e. The number of carbonyl (C=O) groups is 1. The van der Waals surface area contributed by atoms with Gasteiger partial charge in [-0.15, -0.1) is 0 Å². The van der Waals surface area contributed by atoms with Crippen LogP contribution in [0.2, 0.25) is 0 Å². The minimum absolute atomic E-state index is 0.310. The zero-order valence-corrected chi connectivity index (χ0v) is 11.5. The molecule has 0 atom stereocenters. The van der Waals surface area contributed by atoms with Gasteiger partial charge in [0.2, 0.25) is 0 Å². The molecule has 2 aromatic rings. The van der Waals surface area contributed by atoms with Gasteiger partial charge in [-0.05, 0) is 37.0 Å². The summed E-state index contributed by atoms with van der Waals surface area (Å²) in [6.45, 7) is 2.38. The first-order chi connectivity index (χ1) is 9.79. The number of methoxy groups -OCH3 is 1. The Kier molecular flexibility index (Phi) is 3.69. The Morgan fingerprint density at radius 2 is 2.30 bits per heavy atom. The molecule has 0 N–H and O–H groups in total. The second kappa shape index (κ2) is 5.63. The first-order valence-electron chi connectivity index (χ1n) is 6.90. The fourth-order valence-corrected chi connectivity index (χ4v) is 2.73. The summed E-state index contributed by atoms with van der Waals surface area (Å²) in [6, 6.07) is 5.70. The lowest BCUT2D eigenvalue weighted by Crippen LogP contribution is -2.22. The first kappa shape index (κ1) is 13.1. The maximum absolute atomic E-state index is 12.0. The van der Waals surface area contributed by atoms with Crippen molar-refractivity contribution >= 4 is 17.0 Å². The van der Waals surface area contributed by atoms with Crippen LogP contribution in [-0.2, 0) is 16.0 Å². The van der Waals surface area contributed by atoms with Crippen molar-refractivity contribution in [2.45, 2.75) is 19.4 Å². The molecule has 0 bridgehead atoms. The van der Waals surface area contributed by atoms with Gasteiger partial charge in [-0.2, -0.15) is 0 Å². The highest BCUT2D eigenvalue weighted by Gasteiger charge is 2.21. The van der Waals surface area contributed by atoms with E-state index >= 15 is 0 Å². The Balaban J connectivity index is 1.99. The van der Waals surface area contributed by atoms with Crippen molar-refractivity contribution < 1.29 is 14.3 Å². The van der Waals surface area contributed by atoms with Gasteiger partial charge < -0.3 is 14.0 Å². The molecule has 2 aromatic heterocycles. The quantitative estimate of drug-likeness (QED) is 0.806. The van der Waals surface area contributed by atoms with E-state index in [1.54, 1.807) is 6.20 Å². The minimum Gasteiger partial charge on any atom is -0.464 e. The van der Waals surface area contributed by atoms with E-state index < -0.39 is 0 Å². The average molecular weight is 274 g/mol. The van der Waals surface area contributed by atoms with Gasteiger partial charge in [0.25, 0.3) is 0 Å². The Bertz CT molecular complexity index is 615. The van der Waals surface area contributed by atoms with Crippen molar-refractivity contribution in [3.05, 3.63) is 30.1 Å². The van der Waals surface area contributed by atoms with E-state index in [0.717, 1.165) is 43.6 Å². The van der Waals surface area contributed by atoms with Crippen molar-refractivity contribution in [3.63, 3.8) is 0 Å². The molecule has 0 spiro atoms. The van der Waals surface area contributed by atoms with Crippen molar-refractivity contribution in [1.29, 1.82) is 0 Å². The van der Waals surface area contributed by atoms with Crippen LogP contribution in [0.3, 0.4) is 0 Å². The van der Waals surface area contributed by atoms with Gasteiger partial charge >= 0.3 is 5.97 Å². The van der Waals surface area contributed by atoms with Crippen molar-refractivity contribution in [2.75, 3.05) is 20.3 Å². The van der Waals surface area contributed by atoms with Crippen LogP contribution in [0.5, 0.6) is 0 Å². The third kappa shape index (κ3) is 2.41. The van der Waals surface area contributed by atoms with Crippen LogP contribution in [0.25, 0.3) is 11.0 Å². The van der Waals surface area contributed by atoms with Crippen molar-refractivity contribution in [3.8, 4) is 0 Å². The van der Waals surface area contributed by atoms with Crippen LogP contribution in [0.4, 0.5) is 0 Å². The number of rotatable bonds is 3. The fraction of sp³-hybridized carbons (Fsp3) is 0.467. The van der Waals surface area contributed by atoms with E-state index in [0.29, 0.717) is 11.6 Å². The van der Waals surface area contributed by atoms with Gasteiger partial charge in [-0.1, -0.05) is 0 Å². The number of fused-ring (bicyclic) bond motifs is 1. The second-order valence-electron chi connectivity index (χ2n) is 5.10. The Morgan fingerprint density at radius 3 is 3.05 bits per heavy atom. The van der Waals surface area contributed by atoms with Gasteiger partial charge in [0.05, 0.1) is 7.11 Å². The summed E-state index contributed by atoms with van der Waals surface area (Å²) >= 11 is 0. The number of ether oxygens (including phenoxy) is 2. The molecule has 1 aliphatic heterocycles. The molecule has 3 heterocycles. The Labute approximate surface area is 117 Å². The summed E-state index contributed by atoms with van der Waals surface area (Å²) < 4.78 is 12.3. The normalized spacial score (nSPS) is 16.4. The molecule has 0 unspecified atom stereocenters. The Hall–Kier alpha value is -1.88. The van der Waals surface area contributed by atoms with Gasteiger partial charge in [0.15, 0.2) is 0 Å². The molecule has 0 radical (unpaired) electrons. The molecular formula is C15H18N2O3. The van der Waals surface area contributed by atoms with E-state index in [4.69, 9.17) is 9.47 Å². The number of nitrogens with zero attached hydrogens (tertiary/aromatic N) is 2. The highest BCUT2D eigenvalue weighted by Crippen LogP contribution is 2.23. The maximum Gasteiger partial charge on any atom is 0.354 e. The molecule has 0 aromatic carbocycles. The monoisotopic (exact) mass is 274 g/mol. The van der Waals surface area contributed by atoms with Crippen LogP contribution in [0, 0.1) is 5.92 Å². The van der Waals surface area contributed by atoms with Crippen LogP contribution in [0.15, 0.2) is 24.4 Å². The summed E-state index contributed by atoms with van der Waals surface area (Å²) in [4.78, 5) is 16.4. The third-order valence-corrected chi connectivity index (χ3v) is 3.83. The van der Waals surface area contributed by atoms with E-state index in [1.807, 2.05) is 22.8 Å². The molecule has 1 saturated heterocycles. The van der Waals surface area contributed by atoms with Crippen LogP contribution in [-0.4, -0.2) is 35.8 Å². The number of aromatic nitrogens is 2. The van der Waals surface area contributed by atoms with Crippen LogP contribution < -0.4 is 0 Å². The number of carbonyl (C=O) groups excluding carboxylic acids is 1. The topological polar surface area (TPSA) is 53.3 Å². The SMILES string of the molecule is COC(=O)c1cc2cccnc2n1CC1CCOCC1. The summed E-state index contributed by atoms with van der Waals surface area (Å²) in [7, 11) is 1.41. The van der Waals surface area contributed by atoms with Gasteiger partial charge in [0.1, 0.15) is 11.3 Å². The molecule has 0 aliphatic carbocycles. The zero-order chi connectivity index (χ0) is 13.9. The second-order valence-corrected chi connectivity index (χ2v) is 5.10. The van der Waals surface area contributed by atoms with Gasteiger partial charge in [0, 0.05) is 31.3 Å². The highest BCUT2D eigenvalue weighted by atomic mass is 16.5. The van der Waals surface area contributed by atoms with E-state index in [9.17, 15) is 4.79 Å². The van der Waals surface area contributed by atoms with E-state index in [-0.39, 0.29) is 5.97 Å². The number of hydrogen-bond acceptors (Lipinski definition) is 4. The first-order valence-corrected chi connectivity index (χ1v) is 6.90. The molecule has 20 heavy (non-hydrogen) atoms.